The minimum Gasteiger partial charge on any atom is -0.460 e. The van der Waals surface area contributed by atoms with Crippen molar-refractivity contribution in [2.24, 2.45) is 5.92 Å². The zero-order valence-electron chi connectivity index (χ0n) is 17.3. The van der Waals surface area contributed by atoms with Gasteiger partial charge in [-0.05, 0) is 48.9 Å². The van der Waals surface area contributed by atoms with Gasteiger partial charge in [-0.2, -0.15) is 0 Å². The predicted octanol–water partition coefficient (Wildman–Crippen LogP) is 3.81. The lowest BCUT2D eigenvalue weighted by Crippen LogP contribution is -2.33. The summed E-state index contributed by atoms with van der Waals surface area (Å²) in [7, 11) is 0. The second-order valence-corrected chi connectivity index (χ2v) is 8.22. The van der Waals surface area contributed by atoms with E-state index in [1.807, 2.05) is 24.3 Å². The van der Waals surface area contributed by atoms with Crippen LogP contribution in [0.2, 0.25) is 0 Å². The van der Waals surface area contributed by atoms with E-state index in [-0.39, 0.29) is 25.0 Å². The van der Waals surface area contributed by atoms with Crippen LogP contribution in [0.4, 0.5) is 0 Å². The van der Waals surface area contributed by atoms with Gasteiger partial charge in [0.1, 0.15) is 6.61 Å². The average Bonchev–Trinajstić information content (AvgIpc) is 3.02. The Balaban J connectivity index is 1.38. The van der Waals surface area contributed by atoms with Crippen molar-refractivity contribution in [3.8, 4) is 0 Å². The number of esters is 1. The molecule has 0 fully saturated rings. The summed E-state index contributed by atoms with van der Waals surface area (Å²) in [5.74, 6) is -0.657. The van der Waals surface area contributed by atoms with E-state index >= 15 is 0 Å². The van der Waals surface area contributed by atoms with Crippen molar-refractivity contribution in [1.82, 2.24) is 9.88 Å². The van der Waals surface area contributed by atoms with Crippen molar-refractivity contribution in [1.29, 1.82) is 0 Å². The van der Waals surface area contributed by atoms with E-state index < -0.39 is 5.97 Å². The molecule has 0 radical (unpaired) electrons. The van der Waals surface area contributed by atoms with Crippen molar-refractivity contribution in [2.45, 2.75) is 26.2 Å². The predicted molar refractivity (Wildman–Crippen MR) is 115 cm³/mol. The normalized spacial score (nSPS) is 17.6. The number of aromatic nitrogens is 1. The molecule has 0 saturated heterocycles. The zero-order chi connectivity index (χ0) is 21.5. The number of carbonyl (C=O) groups excluding carboxylic acids is 3. The highest BCUT2D eigenvalue weighted by molar-refractivity contribution is 6.21. The SMILES string of the molecule is C[C@@H]1CCc2nc3ccccc3c(C(=O)OCCN3C(=O)c4ccccc4C3=O)c2C1. The van der Waals surface area contributed by atoms with Crippen molar-refractivity contribution < 1.29 is 19.1 Å². The summed E-state index contributed by atoms with van der Waals surface area (Å²) < 4.78 is 5.58. The molecule has 1 atom stereocenters. The van der Waals surface area contributed by atoms with Gasteiger partial charge in [-0.25, -0.2) is 4.79 Å². The van der Waals surface area contributed by atoms with E-state index in [1.54, 1.807) is 24.3 Å². The third kappa shape index (κ3) is 3.28. The lowest BCUT2D eigenvalue weighted by atomic mass is 9.84. The first-order chi connectivity index (χ1) is 15.0. The Morgan fingerprint density at radius 2 is 1.74 bits per heavy atom. The molecular formula is C25H22N2O4. The molecule has 0 spiro atoms. The maximum Gasteiger partial charge on any atom is 0.339 e. The number of amides is 2. The van der Waals surface area contributed by atoms with Crippen LogP contribution < -0.4 is 0 Å². The van der Waals surface area contributed by atoms with E-state index in [0.29, 0.717) is 22.6 Å². The number of ether oxygens (including phenoxy) is 1. The van der Waals surface area contributed by atoms with Gasteiger partial charge in [0, 0.05) is 11.1 Å². The second kappa shape index (κ2) is 7.61. The molecule has 2 amide bonds. The molecule has 2 aliphatic rings. The Labute approximate surface area is 179 Å². The number of nitrogens with zero attached hydrogens (tertiary/aromatic N) is 2. The van der Waals surface area contributed by atoms with E-state index in [4.69, 9.17) is 9.72 Å². The van der Waals surface area contributed by atoms with E-state index in [0.717, 1.165) is 46.3 Å². The highest BCUT2D eigenvalue weighted by Gasteiger charge is 2.35. The van der Waals surface area contributed by atoms with Crippen LogP contribution in [-0.2, 0) is 17.6 Å². The summed E-state index contributed by atoms with van der Waals surface area (Å²) in [5.41, 5.74) is 4.05. The standard InChI is InChI=1S/C25H22N2O4/c1-15-10-11-21-19(14-15)22(18-8-4-5-9-20(18)26-21)25(30)31-13-12-27-23(28)16-6-2-3-7-17(16)24(27)29/h2-9,15H,10-14H2,1H3/t15-/m1/s1. The van der Waals surface area contributed by atoms with Gasteiger partial charge >= 0.3 is 5.97 Å². The van der Waals surface area contributed by atoms with Gasteiger partial charge in [-0.15, -0.1) is 0 Å². The summed E-state index contributed by atoms with van der Waals surface area (Å²) in [4.78, 5) is 44.1. The highest BCUT2D eigenvalue weighted by Crippen LogP contribution is 2.32. The van der Waals surface area contributed by atoms with Gasteiger partial charge in [-0.1, -0.05) is 37.3 Å². The lowest BCUT2D eigenvalue weighted by Gasteiger charge is -2.24. The fraction of sp³-hybridized carbons (Fsp3) is 0.280. The van der Waals surface area contributed by atoms with Crippen LogP contribution in [0.5, 0.6) is 0 Å². The Hall–Kier alpha value is -3.54. The van der Waals surface area contributed by atoms with Crippen molar-refractivity contribution in [3.63, 3.8) is 0 Å². The maximum absolute atomic E-state index is 13.2. The van der Waals surface area contributed by atoms with Gasteiger partial charge in [0.15, 0.2) is 0 Å². The fourth-order valence-electron chi connectivity index (χ4n) is 4.54. The molecule has 2 heterocycles. The van der Waals surface area contributed by atoms with Crippen LogP contribution in [0.25, 0.3) is 10.9 Å². The maximum atomic E-state index is 13.2. The van der Waals surface area contributed by atoms with Crippen LogP contribution in [0.1, 0.15) is 55.7 Å². The Kier molecular flexibility index (Phi) is 4.77. The minimum atomic E-state index is -0.430. The molecule has 5 rings (SSSR count). The molecule has 0 bridgehead atoms. The third-order valence-corrected chi connectivity index (χ3v) is 6.14. The van der Waals surface area contributed by atoms with Gasteiger partial charge in [0.05, 0.1) is 28.8 Å². The number of hydrogen-bond acceptors (Lipinski definition) is 5. The molecule has 0 N–H and O–H groups in total. The van der Waals surface area contributed by atoms with Crippen molar-refractivity contribution in [3.05, 3.63) is 76.5 Å². The first-order valence-corrected chi connectivity index (χ1v) is 10.6. The van der Waals surface area contributed by atoms with E-state index in [1.165, 1.54) is 0 Å². The van der Waals surface area contributed by atoms with Crippen LogP contribution in [0.3, 0.4) is 0 Å². The van der Waals surface area contributed by atoms with Crippen LogP contribution in [-0.4, -0.2) is 40.8 Å². The van der Waals surface area contributed by atoms with E-state index in [9.17, 15) is 14.4 Å². The molecule has 6 nitrogen and oxygen atoms in total. The number of para-hydroxylation sites is 1. The smallest absolute Gasteiger partial charge is 0.339 e. The number of hydrogen-bond donors (Lipinski definition) is 0. The summed E-state index contributed by atoms with van der Waals surface area (Å²) >= 11 is 0. The number of aryl methyl sites for hydroxylation is 1. The molecule has 6 heteroatoms. The van der Waals surface area contributed by atoms with Crippen LogP contribution in [0.15, 0.2) is 48.5 Å². The third-order valence-electron chi connectivity index (χ3n) is 6.14. The Morgan fingerprint density at radius 1 is 1.06 bits per heavy atom. The molecular weight excluding hydrogens is 392 g/mol. The summed E-state index contributed by atoms with van der Waals surface area (Å²) in [5, 5.41) is 0.779. The van der Waals surface area contributed by atoms with Gasteiger partial charge in [0.2, 0.25) is 0 Å². The van der Waals surface area contributed by atoms with Crippen molar-refractivity contribution in [2.75, 3.05) is 13.2 Å². The number of pyridine rings is 1. The topological polar surface area (TPSA) is 76.6 Å². The quantitative estimate of drug-likeness (QED) is 0.479. The fourth-order valence-corrected chi connectivity index (χ4v) is 4.54. The van der Waals surface area contributed by atoms with Gasteiger partial charge in [0.25, 0.3) is 11.8 Å². The molecule has 1 aliphatic heterocycles. The highest BCUT2D eigenvalue weighted by atomic mass is 16.5. The molecule has 31 heavy (non-hydrogen) atoms. The first kappa shape index (κ1) is 19.4. The molecule has 1 aromatic heterocycles. The van der Waals surface area contributed by atoms with Crippen molar-refractivity contribution >= 4 is 28.7 Å². The number of imide groups is 1. The summed E-state index contributed by atoms with van der Waals surface area (Å²) in [6.07, 6.45) is 2.68. The number of benzene rings is 2. The molecule has 0 saturated carbocycles. The van der Waals surface area contributed by atoms with Gasteiger partial charge < -0.3 is 4.74 Å². The Morgan fingerprint density at radius 3 is 2.48 bits per heavy atom. The summed E-state index contributed by atoms with van der Waals surface area (Å²) in [6.45, 7) is 2.15. The monoisotopic (exact) mass is 414 g/mol. The van der Waals surface area contributed by atoms with E-state index in [2.05, 4.69) is 6.92 Å². The molecule has 2 aromatic carbocycles. The number of rotatable bonds is 4. The van der Waals surface area contributed by atoms with Crippen LogP contribution in [0, 0.1) is 5.92 Å². The molecule has 3 aromatic rings. The average molecular weight is 414 g/mol. The Bertz CT molecular complexity index is 1200. The largest absolute Gasteiger partial charge is 0.460 e. The molecule has 0 unspecified atom stereocenters. The number of fused-ring (bicyclic) bond motifs is 3. The zero-order valence-corrected chi connectivity index (χ0v) is 17.3. The van der Waals surface area contributed by atoms with Crippen LogP contribution >= 0.6 is 0 Å². The summed E-state index contributed by atoms with van der Waals surface area (Å²) in [6, 6.07) is 14.3. The lowest BCUT2D eigenvalue weighted by molar-refractivity contribution is 0.0420. The molecule has 156 valence electrons. The second-order valence-electron chi connectivity index (χ2n) is 8.22. The minimum absolute atomic E-state index is 0.0275. The molecule has 1 aliphatic carbocycles. The first-order valence-electron chi connectivity index (χ1n) is 10.6. The number of carbonyl (C=O) groups is 3. The van der Waals surface area contributed by atoms with Gasteiger partial charge in [-0.3, -0.25) is 19.5 Å².